The lowest BCUT2D eigenvalue weighted by molar-refractivity contribution is -0.142. The van der Waals surface area contributed by atoms with Crippen LogP contribution >= 0.6 is 11.6 Å². The predicted molar refractivity (Wildman–Crippen MR) is 67.2 cm³/mol. The Morgan fingerprint density at radius 2 is 2.35 bits per heavy atom. The second-order valence-electron chi connectivity index (χ2n) is 4.31. The standard InChI is InChI=1S/C13H16ClNO2/c1-17-13(16)12(8-15-11-5-6-11)9-3-2-4-10(14)7-9/h2-4,7,11-12,15H,5-6,8H2,1H3. The Labute approximate surface area is 106 Å². The summed E-state index contributed by atoms with van der Waals surface area (Å²) in [4.78, 5) is 11.8. The van der Waals surface area contributed by atoms with E-state index in [-0.39, 0.29) is 11.9 Å². The largest absolute Gasteiger partial charge is 0.469 e. The number of benzene rings is 1. The Morgan fingerprint density at radius 1 is 1.59 bits per heavy atom. The Balaban J connectivity index is 2.09. The number of methoxy groups -OCH3 is 1. The summed E-state index contributed by atoms with van der Waals surface area (Å²) in [6.07, 6.45) is 2.40. The smallest absolute Gasteiger partial charge is 0.314 e. The van der Waals surface area contributed by atoms with Gasteiger partial charge in [-0.1, -0.05) is 23.7 Å². The van der Waals surface area contributed by atoms with Gasteiger partial charge in [0.05, 0.1) is 13.0 Å². The van der Waals surface area contributed by atoms with Crippen molar-refractivity contribution in [3.8, 4) is 0 Å². The van der Waals surface area contributed by atoms with Gasteiger partial charge in [-0.15, -0.1) is 0 Å². The fourth-order valence-corrected chi connectivity index (χ4v) is 1.97. The van der Waals surface area contributed by atoms with Crippen molar-refractivity contribution in [2.24, 2.45) is 0 Å². The second kappa shape index (κ2) is 5.52. The molecule has 0 saturated heterocycles. The van der Waals surface area contributed by atoms with Crippen LogP contribution < -0.4 is 5.32 Å². The lowest BCUT2D eigenvalue weighted by Gasteiger charge is -2.15. The zero-order valence-corrected chi connectivity index (χ0v) is 10.5. The van der Waals surface area contributed by atoms with Gasteiger partial charge in [0.1, 0.15) is 0 Å². The molecule has 1 saturated carbocycles. The lowest BCUT2D eigenvalue weighted by atomic mass is 9.99. The minimum absolute atomic E-state index is 0.222. The number of hydrogen-bond donors (Lipinski definition) is 1. The van der Waals surface area contributed by atoms with Crippen molar-refractivity contribution < 1.29 is 9.53 Å². The highest BCUT2D eigenvalue weighted by Crippen LogP contribution is 2.23. The summed E-state index contributed by atoms with van der Waals surface area (Å²) in [6.45, 7) is 0.609. The van der Waals surface area contributed by atoms with Crippen molar-refractivity contribution in [3.63, 3.8) is 0 Å². The zero-order chi connectivity index (χ0) is 12.3. The van der Waals surface area contributed by atoms with E-state index in [4.69, 9.17) is 16.3 Å². The molecule has 0 bridgehead atoms. The highest BCUT2D eigenvalue weighted by Gasteiger charge is 2.26. The van der Waals surface area contributed by atoms with E-state index in [1.54, 1.807) is 6.07 Å². The first-order valence-electron chi connectivity index (χ1n) is 5.77. The zero-order valence-electron chi connectivity index (χ0n) is 9.78. The van der Waals surface area contributed by atoms with Gasteiger partial charge in [-0.3, -0.25) is 4.79 Å². The molecule has 1 unspecified atom stereocenters. The Hall–Kier alpha value is -1.06. The van der Waals surface area contributed by atoms with Crippen LogP contribution in [0.1, 0.15) is 24.3 Å². The van der Waals surface area contributed by atoms with Gasteiger partial charge in [0, 0.05) is 17.6 Å². The summed E-state index contributed by atoms with van der Waals surface area (Å²) in [7, 11) is 1.41. The van der Waals surface area contributed by atoms with Crippen molar-refractivity contribution in [3.05, 3.63) is 34.9 Å². The van der Waals surface area contributed by atoms with E-state index in [1.165, 1.54) is 20.0 Å². The number of esters is 1. The van der Waals surface area contributed by atoms with Crippen molar-refractivity contribution in [1.82, 2.24) is 5.32 Å². The maximum absolute atomic E-state index is 11.8. The van der Waals surface area contributed by atoms with E-state index in [0.717, 1.165) is 5.56 Å². The van der Waals surface area contributed by atoms with E-state index < -0.39 is 0 Å². The molecule has 0 radical (unpaired) electrons. The Kier molecular flexibility index (Phi) is 4.02. The second-order valence-corrected chi connectivity index (χ2v) is 4.75. The van der Waals surface area contributed by atoms with Crippen LogP contribution in [0.3, 0.4) is 0 Å². The van der Waals surface area contributed by atoms with Crippen molar-refractivity contribution >= 4 is 17.6 Å². The van der Waals surface area contributed by atoms with Crippen LogP contribution in [-0.2, 0) is 9.53 Å². The van der Waals surface area contributed by atoms with E-state index in [0.29, 0.717) is 17.6 Å². The fourth-order valence-electron chi connectivity index (χ4n) is 1.77. The van der Waals surface area contributed by atoms with Gasteiger partial charge in [0.25, 0.3) is 0 Å². The third kappa shape index (κ3) is 3.45. The van der Waals surface area contributed by atoms with Crippen molar-refractivity contribution in [1.29, 1.82) is 0 Å². The first-order chi connectivity index (χ1) is 8.20. The topological polar surface area (TPSA) is 38.3 Å². The number of rotatable bonds is 5. The van der Waals surface area contributed by atoms with Gasteiger partial charge in [-0.25, -0.2) is 0 Å². The average Bonchev–Trinajstić information content (AvgIpc) is 3.13. The molecule has 17 heavy (non-hydrogen) atoms. The van der Waals surface area contributed by atoms with Gasteiger partial charge in [-0.05, 0) is 30.5 Å². The minimum atomic E-state index is -0.278. The quantitative estimate of drug-likeness (QED) is 0.819. The lowest BCUT2D eigenvalue weighted by Crippen LogP contribution is -2.29. The summed E-state index contributed by atoms with van der Waals surface area (Å²) in [5, 5.41) is 3.99. The molecule has 0 heterocycles. The molecule has 1 aliphatic carbocycles. The van der Waals surface area contributed by atoms with Crippen LogP contribution in [0, 0.1) is 0 Å². The Bertz CT molecular complexity index is 404. The molecule has 0 amide bonds. The highest BCUT2D eigenvalue weighted by molar-refractivity contribution is 6.30. The number of nitrogens with one attached hydrogen (secondary N) is 1. The van der Waals surface area contributed by atoms with Crippen molar-refractivity contribution in [2.75, 3.05) is 13.7 Å². The summed E-state index contributed by atoms with van der Waals surface area (Å²) in [5.74, 6) is -0.500. The van der Waals surface area contributed by atoms with Crippen LogP contribution in [0.15, 0.2) is 24.3 Å². The average molecular weight is 254 g/mol. The third-order valence-electron chi connectivity index (χ3n) is 2.92. The predicted octanol–water partition coefficient (Wildman–Crippen LogP) is 2.35. The molecule has 0 spiro atoms. The summed E-state index contributed by atoms with van der Waals surface area (Å²) < 4.78 is 4.84. The van der Waals surface area contributed by atoms with Crippen LogP contribution in [0.2, 0.25) is 5.02 Å². The normalized spacial score (nSPS) is 16.6. The summed E-state index contributed by atoms with van der Waals surface area (Å²) in [5.41, 5.74) is 0.900. The third-order valence-corrected chi connectivity index (χ3v) is 3.16. The molecule has 1 N–H and O–H groups in total. The molecule has 1 aromatic carbocycles. The van der Waals surface area contributed by atoms with Gasteiger partial charge >= 0.3 is 5.97 Å². The molecule has 1 atom stereocenters. The maximum atomic E-state index is 11.8. The van der Waals surface area contributed by atoms with E-state index in [2.05, 4.69) is 5.32 Å². The molecular formula is C13H16ClNO2. The van der Waals surface area contributed by atoms with Gasteiger partial charge in [0.15, 0.2) is 0 Å². The first kappa shape index (κ1) is 12.4. The van der Waals surface area contributed by atoms with Crippen molar-refractivity contribution in [2.45, 2.75) is 24.8 Å². The number of halogens is 1. The van der Waals surface area contributed by atoms with E-state index >= 15 is 0 Å². The molecule has 1 fully saturated rings. The van der Waals surface area contributed by atoms with Crippen LogP contribution in [0.5, 0.6) is 0 Å². The molecule has 1 aromatic rings. The number of hydrogen-bond acceptors (Lipinski definition) is 3. The van der Waals surface area contributed by atoms with Gasteiger partial charge in [-0.2, -0.15) is 0 Å². The molecule has 2 rings (SSSR count). The molecule has 4 heteroatoms. The maximum Gasteiger partial charge on any atom is 0.314 e. The van der Waals surface area contributed by atoms with E-state index in [1.807, 2.05) is 18.2 Å². The number of carbonyl (C=O) groups excluding carboxylic acids is 1. The minimum Gasteiger partial charge on any atom is -0.469 e. The molecule has 1 aliphatic rings. The highest BCUT2D eigenvalue weighted by atomic mass is 35.5. The SMILES string of the molecule is COC(=O)C(CNC1CC1)c1cccc(Cl)c1. The number of ether oxygens (including phenoxy) is 1. The molecule has 3 nitrogen and oxygen atoms in total. The number of carbonyl (C=O) groups is 1. The van der Waals surface area contributed by atoms with Crippen LogP contribution in [0.4, 0.5) is 0 Å². The first-order valence-corrected chi connectivity index (χ1v) is 6.15. The molecular weight excluding hydrogens is 238 g/mol. The Morgan fingerprint density at radius 3 is 2.94 bits per heavy atom. The van der Waals surface area contributed by atoms with Gasteiger partial charge < -0.3 is 10.1 Å². The fraction of sp³-hybridized carbons (Fsp3) is 0.462. The molecule has 0 aliphatic heterocycles. The van der Waals surface area contributed by atoms with Gasteiger partial charge in [0.2, 0.25) is 0 Å². The molecule has 92 valence electrons. The van der Waals surface area contributed by atoms with Crippen LogP contribution in [0.25, 0.3) is 0 Å². The van der Waals surface area contributed by atoms with E-state index in [9.17, 15) is 4.79 Å². The summed E-state index contributed by atoms with van der Waals surface area (Å²) >= 11 is 5.94. The monoisotopic (exact) mass is 253 g/mol. The summed E-state index contributed by atoms with van der Waals surface area (Å²) in [6, 6.07) is 7.94. The molecule has 0 aromatic heterocycles. The van der Waals surface area contributed by atoms with Crippen LogP contribution in [-0.4, -0.2) is 25.7 Å².